The zero-order chi connectivity index (χ0) is 25.7. The van der Waals surface area contributed by atoms with Crippen LogP contribution in [0.4, 0.5) is 5.82 Å². The molecule has 0 aromatic carbocycles. The van der Waals surface area contributed by atoms with Gasteiger partial charge in [0.25, 0.3) is 11.5 Å². The third-order valence-corrected chi connectivity index (χ3v) is 7.47. The molecule has 0 spiro atoms. The Labute approximate surface area is 215 Å². The summed E-state index contributed by atoms with van der Waals surface area (Å²) < 4.78 is 7.30. The standard InChI is InChI=1S/C25H30N4O4S2/c1-5-10-28-21(27-12-8-9-17(15-27)24(32)33-7-3)18(16(4)19(14-26)22(28)30)13-20-23(31)29(11-6-2)25(34)35-20/h6,13,17H,2,5,7-12,15H2,1,3-4H3. The van der Waals surface area contributed by atoms with Crippen molar-refractivity contribution in [2.24, 2.45) is 5.92 Å². The number of carbonyl (C=O) groups excluding carboxylic acids is 2. The van der Waals surface area contributed by atoms with Crippen molar-refractivity contribution >= 4 is 52.1 Å². The van der Waals surface area contributed by atoms with Crippen LogP contribution in [0.25, 0.3) is 6.08 Å². The Hall–Kier alpha value is -2.90. The van der Waals surface area contributed by atoms with Gasteiger partial charge in [0.05, 0.1) is 17.4 Å². The van der Waals surface area contributed by atoms with Crippen LogP contribution in [0.3, 0.4) is 0 Å². The third kappa shape index (κ3) is 5.36. The van der Waals surface area contributed by atoms with Crippen molar-refractivity contribution in [3.63, 3.8) is 0 Å². The van der Waals surface area contributed by atoms with Gasteiger partial charge in [0.2, 0.25) is 0 Å². The summed E-state index contributed by atoms with van der Waals surface area (Å²) in [6, 6.07) is 2.05. The van der Waals surface area contributed by atoms with Crippen molar-refractivity contribution < 1.29 is 14.3 Å². The first-order chi connectivity index (χ1) is 16.8. The fraction of sp³-hybridized carbons (Fsp3) is 0.480. The van der Waals surface area contributed by atoms with Crippen LogP contribution in [-0.4, -0.2) is 51.9 Å². The van der Waals surface area contributed by atoms with Crippen LogP contribution in [0.5, 0.6) is 0 Å². The number of amides is 1. The van der Waals surface area contributed by atoms with Crippen LogP contribution in [0.15, 0.2) is 22.4 Å². The molecule has 2 fully saturated rings. The maximum Gasteiger partial charge on any atom is 0.310 e. The van der Waals surface area contributed by atoms with Gasteiger partial charge in [-0.1, -0.05) is 37.0 Å². The van der Waals surface area contributed by atoms with Gasteiger partial charge in [-0.2, -0.15) is 5.26 Å². The summed E-state index contributed by atoms with van der Waals surface area (Å²) in [5.41, 5.74) is 0.816. The number of pyridine rings is 1. The lowest BCUT2D eigenvalue weighted by molar-refractivity contribution is -0.148. The Morgan fingerprint density at radius 1 is 1.37 bits per heavy atom. The highest BCUT2D eigenvalue weighted by atomic mass is 32.2. The van der Waals surface area contributed by atoms with Gasteiger partial charge in [-0.25, -0.2) is 0 Å². The van der Waals surface area contributed by atoms with E-state index in [1.54, 1.807) is 30.6 Å². The number of aromatic nitrogens is 1. The second-order valence-electron chi connectivity index (χ2n) is 8.42. The van der Waals surface area contributed by atoms with Crippen LogP contribution in [0.1, 0.15) is 49.8 Å². The number of hydrogen-bond donors (Lipinski definition) is 0. The van der Waals surface area contributed by atoms with Crippen LogP contribution < -0.4 is 10.5 Å². The SMILES string of the molecule is C=CCN1C(=O)C(=Cc2c(C)c(C#N)c(=O)n(CCC)c2N2CCCC(C(=O)OCC)C2)SC1=S. The normalized spacial score (nSPS) is 19.3. The van der Waals surface area contributed by atoms with Gasteiger partial charge >= 0.3 is 5.97 Å². The number of nitriles is 1. The predicted octanol–water partition coefficient (Wildman–Crippen LogP) is 3.61. The summed E-state index contributed by atoms with van der Waals surface area (Å²) in [6.45, 7) is 11.2. The number of piperidine rings is 1. The largest absolute Gasteiger partial charge is 0.466 e. The molecule has 3 heterocycles. The first kappa shape index (κ1) is 26.7. The molecule has 35 heavy (non-hydrogen) atoms. The lowest BCUT2D eigenvalue weighted by Crippen LogP contribution is -2.43. The van der Waals surface area contributed by atoms with Crippen molar-refractivity contribution in [1.29, 1.82) is 5.26 Å². The molecule has 0 bridgehead atoms. The Kier molecular flexibility index (Phi) is 8.92. The van der Waals surface area contributed by atoms with Gasteiger partial charge in [0.1, 0.15) is 21.8 Å². The molecule has 2 saturated heterocycles. The highest BCUT2D eigenvalue weighted by Crippen LogP contribution is 2.37. The lowest BCUT2D eigenvalue weighted by Gasteiger charge is -2.36. The molecule has 1 aromatic rings. The number of thiocarbonyl (C=S) groups is 1. The zero-order valence-electron chi connectivity index (χ0n) is 20.3. The molecular weight excluding hydrogens is 484 g/mol. The summed E-state index contributed by atoms with van der Waals surface area (Å²) in [5, 5.41) is 9.79. The quantitative estimate of drug-likeness (QED) is 0.225. The molecule has 0 radical (unpaired) electrons. The summed E-state index contributed by atoms with van der Waals surface area (Å²) >= 11 is 6.57. The number of esters is 1. The summed E-state index contributed by atoms with van der Waals surface area (Å²) in [5.74, 6) is -0.182. The number of thioether (sulfide) groups is 1. The topological polar surface area (TPSA) is 95.6 Å². The van der Waals surface area contributed by atoms with Crippen LogP contribution in [0.2, 0.25) is 0 Å². The minimum absolute atomic E-state index is 0.0500. The van der Waals surface area contributed by atoms with Crippen molar-refractivity contribution in [1.82, 2.24) is 9.47 Å². The first-order valence-electron chi connectivity index (χ1n) is 11.7. The molecule has 1 unspecified atom stereocenters. The second-order valence-corrected chi connectivity index (χ2v) is 10.1. The van der Waals surface area contributed by atoms with Gasteiger partial charge in [-0.15, -0.1) is 6.58 Å². The number of hydrogen-bond acceptors (Lipinski definition) is 8. The molecule has 1 amide bonds. The minimum atomic E-state index is -0.364. The fourth-order valence-corrected chi connectivity index (χ4v) is 5.71. The molecule has 2 aliphatic rings. The van der Waals surface area contributed by atoms with Gasteiger partial charge in [0.15, 0.2) is 0 Å². The van der Waals surface area contributed by atoms with Crippen LogP contribution in [0, 0.1) is 24.2 Å². The number of nitrogens with zero attached hydrogens (tertiary/aromatic N) is 4. The highest BCUT2D eigenvalue weighted by Gasteiger charge is 2.34. The molecule has 3 rings (SSSR count). The smallest absolute Gasteiger partial charge is 0.310 e. The molecule has 2 aliphatic heterocycles. The first-order valence-corrected chi connectivity index (χ1v) is 13.0. The second kappa shape index (κ2) is 11.7. The fourth-order valence-electron chi connectivity index (χ4n) is 4.46. The summed E-state index contributed by atoms with van der Waals surface area (Å²) in [7, 11) is 0. The molecule has 1 atom stereocenters. The minimum Gasteiger partial charge on any atom is -0.466 e. The Morgan fingerprint density at radius 3 is 2.74 bits per heavy atom. The number of ether oxygens (including phenoxy) is 1. The van der Waals surface area contributed by atoms with Crippen molar-refractivity contribution in [3.05, 3.63) is 44.6 Å². The van der Waals surface area contributed by atoms with Gasteiger partial charge < -0.3 is 9.64 Å². The van der Waals surface area contributed by atoms with Crippen LogP contribution >= 0.6 is 24.0 Å². The number of rotatable bonds is 8. The molecule has 0 aliphatic carbocycles. The monoisotopic (exact) mass is 514 g/mol. The highest BCUT2D eigenvalue weighted by molar-refractivity contribution is 8.26. The van der Waals surface area contributed by atoms with Gasteiger partial charge in [0, 0.05) is 31.7 Å². The Bertz CT molecular complexity index is 1180. The van der Waals surface area contributed by atoms with Crippen LogP contribution in [-0.2, 0) is 20.9 Å². The van der Waals surface area contributed by atoms with Gasteiger partial charge in [-0.3, -0.25) is 23.9 Å². The predicted molar refractivity (Wildman–Crippen MR) is 142 cm³/mol. The van der Waals surface area contributed by atoms with E-state index >= 15 is 0 Å². The van der Waals surface area contributed by atoms with E-state index < -0.39 is 0 Å². The van der Waals surface area contributed by atoms with E-state index in [0.717, 1.165) is 6.42 Å². The van der Waals surface area contributed by atoms with Crippen molar-refractivity contribution in [2.75, 3.05) is 31.1 Å². The molecule has 8 nitrogen and oxygen atoms in total. The Balaban J connectivity index is 2.21. The summed E-state index contributed by atoms with van der Waals surface area (Å²) in [6.07, 6.45) is 5.48. The maximum atomic E-state index is 13.3. The molecular formula is C25H30N4O4S2. The molecule has 1 aromatic heterocycles. The number of carbonyl (C=O) groups is 2. The molecule has 186 valence electrons. The van der Waals surface area contributed by atoms with E-state index in [0.29, 0.717) is 71.8 Å². The third-order valence-electron chi connectivity index (χ3n) is 6.10. The van der Waals surface area contributed by atoms with Crippen molar-refractivity contribution in [3.8, 4) is 6.07 Å². The number of anilines is 1. The van der Waals surface area contributed by atoms with E-state index in [9.17, 15) is 19.6 Å². The summed E-state index contributed by atoms with van der Waals surface area (Å²) in [4.78, 5) is 42.8. The molecule has 10 heteroatoms. The zero-order valence-corrected chi connectivity index (χ0v) is 22.0. The van der Waals surface area contributed by atoms with Gasteiger partial charge in [-0.05, 0) is 44.7 Å². The lowest BCUT2D eigenvalue weighted by atomic mass is 9.96. The van der Waals surface area contributed by atoms with E-state index in [1.807, 2.05) is 11.8 Å². The molecule has 0 saturated carbocycles. The maximum absolute atomic E-state index is 13.3. The Morgan fingerprint density at radius 2 is 2.11 bits per heavy atom. The van der Waals surface area contributed by atoms with Crippen molar-refractivity contribution in [2.45, 2.75) is 46.6 Å². The average Bonchev–Trinajstić information content (AvgIpc) is 3.10. The van der Waals surface area contributed by atoms with E-state index in [-0.39, 0.29) is 28.9 Å². The van der Waals surface area contributed by atoms with E-state index in [1.165, 1.54) is 16.7 Å². The molecule has 0 N–H and O–H groups in total. The van der Waals surface area contributed by atoms with E-state index in [4.69, 9.17) is 17.0 Å². The average molecular weight is 515 g/mol. The van der Waals surface area contributed by atoms with E-state index in [2.05, 4.69) is 12.6 Å².